The Morgan fingerprint density at radius 2 is 1.77 bits per heavy atom. The average molecular weight is 355 g/mol. The van der Waals surface area contributed by atoms with Crippen molar-refractivity contribution >= 4 is 5.91 Å². The van der Waals surface area contributed by atoms with Crippen LogP contribution in [0.3, 0.4) is 0 Å². The summed E-state index contributed by atoms with van der Waals surface area (Å²) in [5.74, 6) is 6.42. The summed E-state index contributed by atoms with van der Waals surface area (Å²) in [6.07, 6.45) is -0.963. The second-order valence-corrected chi connectivity index (χ2v) is 5.56. The first-order valence-corrected chi connectivity index (χ1v) is 7.92. The van der Waals surface area contributed by atoms with Gasteiger partial charge in [-0.05, 0) is 29.3 Å². The van der Waals surface area contributed by atoms with Crippen LogP contribution in [0.1, 0.15) is 29.7 Å². The van der Waals surface area contributed by atoms with Crippen LogP contribution in [0.25, 0.3) is 0 Å². The van der Waals surface area contributed by atoms with Crippen LogP contribution in [0.2, 0.25) is 0 Å². The number of carbonyl (C=O) groups excluding carboxylic acids is 1. The number of benzene rings is 2. The lowest BCUT2D eigenvalue weighted by atomic mass is 10.1. The van der Waals surface area contributed by atoms with E-state index in [9.17, 15) is 15.1 Å². The number of amides is 1. The minimum Gasteiger partial charge on any atom is -0.493 e. The molecule has 0 radical (unpaired) electrons. The molecule has 136 valence electrons. The monoisotopic (exact) mass is 355 g/mol. The molecule has 26 heavy (non-hydrogen) atoms. The van der Waals surface area contributed by atoms with Crippen molar-refractivity contribution in [2.24, 2.45) is 0 Å². The van der Waals surface area contributed by atoms with Crippen LogP contribution in [0.4, 0.5) is 0 Å². The van der Waals surface area contributed by atoms with Crippen molar-refractivity contribution in [1.29, 1.82) is 0 Å². The fraction of sp³-hybridized carbons (Fsp3) is 0.250. The Hall–Kier alpha value is -3.01. The molecule has 1 atom stereocenters. The Bertz CT molecular complexity index is 820. The van der Waals surface area contributed by atoms with Crippen molar-refractivity contribution in [3.63, 3.8) is 0 Å². The van der Waals surface area contributed by atoms with E-state index in [0.29, 0.717) is 27.7 Å². The van der Waals surface area contributed by atoms with Gasteiger partial charge in [-0.25, -0.2) is 5.06 Å². The Kier molecular flexibility index (Phi) is 6.61. The number of hydroxylamine groups is 2. The molecule has 0 saturated carbocycles. The van der Waals surface area contributed by atoms with Crippen LogP contribution >= 0.6 is 0 Å². The zero-order chi connectivity index (χ0) is 19.1. The fourth-order valence-electron chi connectivity index (χ4n) is 2.24. The maximum absolute atomic E-state index is 11.0. The first-order chi connectivity index (χ1) is 12.4. The Labute approximate surface area is 152 Å². The van der Waals surface area contributed by atoms with Crippen molar-refractivity contribution in [1.82, 2.24) is 5.06 Å². The number of hydrogen-bond acceptors (Lipinski definition) is 5. The molecule has 6 nitrogen and oxygen atoms in total. The van der Waals surface area contributed by atoms with Gasteiger partial charge in [0.05, 0.1) is 20.8 Å². The minimum atomic E-state index is -0.963. The van der Waals surface area contributed by atoms with Gasteiger partial charge in [0.2, 0.25) is 5.91 Å². The number of aliphatic hydroxyl groups excluding tert-OH is 1. The van der Waals surface area contributed by atoms with E-state index in [0.717, 1.165) is 5.56 Å². The van der Waals surface area contributed by atoms with Gasteiger partial charge in [0.15, 0.2) is 11.5 Å². The molecule has 0 aliphatic heterocycles. The number of methoxy groups -OCH3 is 2. The molecule has 2 aromatic carbocycles. The SMILES string of the molecule is COc1ccc(C#CC(O)c2ccc(CN(O)C(C)=O)cc2)cc1OC. The number of aliphatic hydroxyl groups is 1. The van der Waals surface area contributed by atoms with Gasteiger partial charge in [-0.1, -0.05) is 36.1 Å². The average Bonchev–Trinajstić information content (AvgIpc) is 2.66. The van der Waals surface area contributed by atoms with Gasteiger partial charge >= 0.3 is 0 Å². The largest absolute Gasteiger partial charge is 0.493 e. The lowest BCUT2D eigenvalue weighted by Gasteiger charge is -2.13. The molecular formula is C20H21NO5. The Morgan fingerprint density at radius 1 is 1.12 bits per heavy atom. The summed E-state index contributed by atoms with van der Waals surface area (Å²) in [4.78, 5) is 11.0. The highest BCUT2D eigenvalue weighted by Gasteiger charge is 2.08. The van der Waals surface area contributed by atoms with Crippen molar-refractivity contribution in [2.45, 2.75) is 19.6 Å². The molecule has 1 unspecified atom stereocenters. The highest BCUT2D eigenvalue weighted by Crippen LogP contribution is 2.27. The van der Waals surface area contributed by atoms with E-state index in [2.05, 4.69) is 11.8 Å². The van der Waals surface area contributed by atoms with Gasteiger partial charge in [-0.3, -0.25) is 10.0 Å². The summed E-state index contributed by atoms with van der Waals surface area (Å²) in [5.41, 5.74) is 2.05. The quantitative estimate of drug-likeness (QED) is 0.489. The van der Waals surface area contributed by atoms with E-state index >= 15 is 0 Å². The molecule has 0 aliphatic rings. The molecular weight excluding hydrogens is 334 g/mol. The van der Waals surface area contributed by atoms with Crippen molar-refractivity contribution in [3.8, 4) is 23.3 Å². The van der Waals surface area contributed by atoms with Gasteiger partial charge in [0, 0.05) is 12.5 Å². The van der Waals surface area contributed by atoms with E-state index in [1.165, 1.54) is 6.92 Å². The zero-order valence-corrected chi connectivity index (χ0v) is 14.9. The molecule has 0 fully saturated rings. The second kappa shape index (κ2) is 8.90. The lowest BCUT2D eigenvalue weighted by molar-refractivity contribution is -0.165. The highest BCUT2D eigenvalue weighted by molar-refractivity contribution is 5.71. The molecule has 2 N–H and O–H groups in total. The molecule has 0 aromatic heterocycles. The zero-order valence-electron chi connectivity index (χ0n) is 14.9. The number of hydrogen-bond donors (Lipinski definition) is 2. The molecule has 0 spiro atoms. The Morgan fingerprint density at radius 3 is 2.35 bits per heavy atom. The molecule has 2 rings (SSSR count). The summed E-state index contributed by atoms with van der Waals surface area (Å²) in [6.45, 7) is 1.37. The van der Waals surface area contributed by atoms with Crippen LogP contribution in [0.15, 0.2) is 42.5 Å². The normalized spacial score (nSPS) is 11.1. The topological polar surface area (TPSA) is 79.2 Å². The molecule has 6 heteroatoms. The third-order valence-electron chi connectivity index (χ3n) is 3.73. The first-order valence-electron chi connectivity index (χ1n) is 7.92. The highest BCUT2D eigenvalue weighted by atomic mass is 16.5. The maximum Gasteiger partial charge on any atom is 0.243 e. The van der Waals surface area contributed by atoms with Crippen LogP contribution in [-0.4, -0.2) is 35.5 Å². The van der Waals surface area contributed by atoms with E-state index in [-0.39, 0.29) is 6.54 Å². The van der Waals surface area contributed by atoms with Crippen LogP contribution < -0.4 is 9.47 Å². The van der Waals surface area contributed by atoms with E-state index in [1.54, 1.807) is 56.7 Å². The predicted molar refractivity (Wildman–Crippen MR) is 95.8 cm³/mol. The number of carbonyl (C=O) groups is 1. The molecule has 0 aliphatic carbocycles. The standard InChI is InChI=1S/C20H21NO5/c1-14(22)21(24)13-16-4-8-17(9-5-16)18(23)10-6-15-7-11-19(25-2)20(12-15)26-3/h4-5,7-9,11-12,18,23-24H,13H2,1-3H3. The third kappa shape index (κ3) is 4.99. The molecule has 0 heterocycles. The summed E-state index contributed by atoms with van der Waals surface area (Å²) >= 11 is 0. The van der Waals surface area contributed by atoms with E-state index in [1.807, 2.05) is 0 Å². The first kappa shape index (κ1) is 19.3. The molecule has 0 bridgehead atoms. The van der Waals surface area contributed by atoms with Crippen LogP contribution in [0, 0.1) is 11.8 Å². The van der Waals surface area contributed by atoms with E-state index in [4.69, 9.17) is 9.47 Å². The summed E-state index contributed by atoms with van der Waals surface area (Å²) in [6, 6.07) is 12.1. The summed E-state index contributed by atoms with van der Waals surface area (Å²) < 4.78 is 10.4. The fourth-order valence-corrected chi connectivity index (χ4v) is 2.24. The van der Waals surface area contributed by atoms with Crippen molar-refractivity contribution in [3.05, 3.63) is 59.2 Å². The summed E-state index contributed by atoms with van der Waals surface area (Å²) in [7, 11) is 3.11. The van der Waals surface area contributed by atoms with Gasteiger partial charge < -0.3 is 14.6 Å². The van der Waals surface area contributed by atoms with Crippen molar-refractivity contribution in [2.75, 3.05) is 14.2 Å². The molecule has 2 aromatic rings. The van der Waals surface area contributed by atoms with Gasteiger partial charge in [-0.15, -0.1) is 0 Å². The van der Waals surface area contributed by atoms with Crippen LogP contribution in [-0.2, 0) is 11.3 Å². The van der Waals surface area contributed by atoms with Crippen molar-refractivity contribution < 1.29 is 24.6 Å². The smallest absolute Gasteiger partial charge is 0.243 e. The predicted octanol–water partition coefficient (Wildman–Crippen LogP) is 2.53. The minimum absolute atomic E-state index is 0.0863. The maximum atomic E-state index is 11.0. The lowest BCUT2D eigenvalue weighted by Crippen LogP contribution is -2.23. The van der Waals surface area contributed by atoms with Gasteiger partial charge in [0.1, 0.15) is 6.10 Å². The third-order valence-corrected chi connectivity index (χ3v) is 3.73. The van der Waals surface area contributed by atoms with Crippen LogP contribution in [0.5, 0.6) is 11.5 Å². The Balaban J connectivity index is 2.10. The van der Waals surface area contributed by atoms with Gasteiger partial charge in [-0.2, -0.15) is 0 Å². The van der Waals surface area contributed by atoms with Gasteiger partial charge in [0.25, 0.3) is 0 Å². The number of nitrogens with zero attached hydrogens (tertiary/aromatic N) is 1. The molecule has 1 amide bonds. The second-order valence-electron chi connectivity index (χ2n) is 5.56. The number of rotatable bonds is 5. The summed E-state index contributed by atoms with van der Waals surface area (Å²) in [5, 5.41) is 20.3. The van der Waals surface area contributed by atoms with E-state index < -0.39 is 12.0 Å². The molecule has 0 saturated heterocycles. The number of ether oxygens (including phenoxy) is 2.